The number of nitrogens with zero attached hydrogens (tertiary/aromatic N) is 1. The smallest absolute Gasteiger partial charge is 0.272 e. The zero-order valence-corrected chi connectivity index (χ0v) is 13.6. The van der Waals surface area contributed by atoms with Gasteiger partial charge in [0.25, 0.3) is 11.8 Å². The van der Waals surface area contributed by atoms with E-state index in [1.165, 1.54) is 0 Å². The van der Waals surface area contributed by atoms with Crippen LogP contribution in [0.4, 0.5) is 8.78 Å². The minimum atomic E-state index is -2.72. The summed E-state index contributed by atoms with van der Waals surface area (Å²) in [6, 6.07) is 7.17. The molecule has 0 saturated carbocycles. The largest absolute Gasteiger partial charge is 0.352 e. The van der Waals surface area contributed by atoms with Gasteiger partial charge < -0.3 is 10.6 Å². The lowest BCUT2D eigenvalue weighted by molar-refractivity contribution is -0.0299. The minimum absolute atomic E-state index is 0.112. The summed E-state index contributed by atoms with van der Waals surface area (Å²) >= 11 is 0. The molecule has 0 radical (unpaired) electrons. The average Bonchev–Trinajstić information content (AvgIpc) is 2.58. The fraction of sp³-hybridized carbons (Fsp3) is 0.588. The van der Waals surface area contributed by atoms with Gasteiger partial charge in [0.2, 0.25) is 0 Å². The van der Waals surface area contributed by atoms with Crippen LogP contribution in [0.5, 0.6) is 0 Å². The highest BCUT2D eigenvalue weighted by Gasteiger charge is 2.31. The van der Waals surface area contributed by atoms with Crippen molar-refractivity contribution in [2.75, 3.05) is 32.7 Å². The molecule has 1 saturated heterocycles. The Morgan fingerprint density at radius 2 is 2.04 bits per heavy atom. The number of hydrogen-bond donors (Lipinski definition) is 2. The van der Waals surface area contributed by atoms with E-state index >= 15 is 0 Å². The molecule has 0 unspecified atom stereocenters. The second-order valence-corrected chi connectivity index (χ2v) is 6.01. The van der Waals surface area contributed by atoms with Crippen molar-refractivity contribution in [3.63, 3.8) is 0 Å². The van der Waals surface area contributed by atoms with Crippen LogP contribution >= 0.6 is 0 Å². The number of benzene rings is 1. The Hall–Kier alpha value is -1.53. The van der Waals surface area contributed by atoms with Crippen LogP contribution in [0.25, 0.3) is 0 Å². The lowest BCUT2D eigenvalue weighted by Crippen LogP contribution is -2.42. The Morgan fingerprint density at radius 3 is 2.74 bits per heavy atom. The molecule has 0 aromatic heterocycles. The molecule has 1 heterocycles. The van der Waals surface area contributed by atoms with Gasteiger partial charge in [-0.25, -0.2) is 8.78 Å². The second-order valence-electron chi connectivity index (χ2n) is 6.01. The summed E-state index contributed by atoms with van der Waals surface area (Å²) < 4.78 is 27.8. The molecule has 0 atom stereocenters. The Balaban J connectivity index is 1.99. The third-order valence-electron chi connectivity index (χ3n) is 3.88. The predicted molar refractivity (Wildman–Crippen MR) is 86.8 cm³/mol. The molecule has 0 aliphatic carbocycles. The highest BCUT2D eigenvalue weighted by atomic mass is 19.3. The van der Waals surface area contributed by atoms with Crippen molar-refractivity contribution in [2.45, 2.75) is 32.2 Å². The van der Waals surface area contributed by atoms with Gasteiger partial charge in [0.1, 0.15) is 0 Å². The van der Waals surface area contributed by atoms with Crippen LogP contribution < -0.4 is 10.6 Å². The van der Waals surface area contributed by atoms with Gasteiger partial charge in [-0.15, -0.1) is 0 Å². The van der Waals surface area contributed by atoms with Gasteiger partial charge in [0.05, 0.1) is 13.1 Å². The lowest BCUT2D eigenvalue weighted by atomic mass is 10.1. The number of carbonyl (C=O) groups is 1. The zero-order chi connectivity index (χ0) is 16.7. The third kappa shape index (κ3) is 5.88. The first-order chi connectivity index (χ1) is 11.0. The van der Waals surface area contributed by atoms with E-state index in [-0.39, 0.29) is 19.0 Å². The Kier molecular flexibility index (Phi) is 6.47. The summed E-state index contributed by atoms with van der Waals surface area (Å²) in [6.07, 6.45) is 1.81. The fourth-order valence-electron chi connectivity index (χ4n) is 2.74. The number of rotatable bonds is 4. The van der Waals surface area contributed by atoms with E-state index in [0.29, 0.717) is 31.7 Å². The molecule has 4 nitrogen and oxygen atoms in total. The summed E-state index contributed by atoms with van der Waals surface area (Å²) in [5, 5.41) is 5.55. The maximum atomic E-state index is 13.9. The van der Waals surface area contributed by atoms with Gasteiger partial charge in [0, 0.05) is 18.7 Å². The van der Waals surface area contributed by atoms with Crippen LogP contribution in [0.15, 0.2) is 24.3 Å². The van der Waals surface area contributed by atoms with Gasteiger partial charge >= 0.3 is 0 Å². The van der Waals surface area contributed by atoms with E-state index < -0.39 is 5.92 Å². The molecule has 1 aliphatic heterocycles. The summed E-state index contributed by atoms with van der Waals surface area (Å²) in [7, 11) is 0. The Morgan fingerprint density at radius 1 is 1.30 bits per heavy atom. The predicted octanol–water partition coefficient (Wildman–Crippen LogP) is 2.26. The number of alkyl halides is 2. The van der Waals surface area contributed by atoms with Crippen molar-refractivity contribution in [1.29, 1.82) is 0 Å². The Bertz CT molecular complexity index is 505. The van der Waals surface area contributed by atoms with E-state index in [9.17, 15) is 13.6 Å². The zero-order valence-electron chi connectivity index (χ0n) is 13.6. The van der Waals surface area contributed by atoms with Crippen LogP contribution in [0.2, 0.25) is 0 Å². The monoisotopic (exact) mass is 325 g/mol. The van der Waals surface area contributed by atoms with Gasteiger partial charge in [0.15, 0.2) is 0 Å². The average molecular weight is 325 g/mol. The number of carbonyl (C=O) groups excluding carboxylic acids is 1. The third-order valence-corrected chi connectivity index (χ3v) is 3.88. The standard InChI is InChI=1S/C17H25F2N3O/c1-2-21-16(23)15-7-5-14(6-8-15)11-22-10-4-3-9-20-12-17(18,19)13-22/h5-8,20H,2-4,9-13H2,1H3,(H,21,23). The number of hydrogen-bond acceptors (Lipinski definition) is 3. The van der Waals surface area contributed by atoms with Crippen LogP contribution in [0.3, 0.4) is 0 Å². The van der Waals surface area contributed by atoms with E-state index in [2.05, 4.69) is 10.6 Å². The summed E-state index contributed by atoms with van der Waals surface area (Å²) in [6.45, 7) is 3.73. The molecule has 1 fully saturated rings. The SMILES string of the molecule is CCNC(=O)c1ccc(CN2CCCCNCC(F)(F)C2)cc1. The first-order valence-corrected chi connectivity index (χ1v) is 8.18. The number of amides is 1. The van der Waals surface area contributed by atoms with Crippen LogP contribution in [0, 0.1) is 0 Å². The van der Waals surface area contributed by atoms with Crippen molar-refractivity contribution in [1.82, 2.24) is 15.5 Å². The van der Waals surface area contributed by atoms with Gasteiger partial charge in [-0.3, -0.25) is 9.69 Å². The van der Waals surface area contributed by atoms with Crippen LogP contribution in [-0.4, -0.2) is 49.5 Å². The first-order valence-electron chi connectivity index (χ1n) is 8.18. The van der Waals surface area contributed by atoms with Gasteiger partial charge in [-0.1, -0.05) is 12.1 Å². The van der Waals surface area contributed by atoms with Gasteiger partial charge in [-0.05, 0) is 50.6 Å². The first kappa shape index (κ1) is 17.8. The van der Waals surface area contributed by atoms with Crippen LogP contribution in [-0.2, 0) is 6.54 Å². The second kappa shape index (κ2) is 8.36. The Labute approximate surface area is 136 Å². The molecule has 1 aliphatic rings. The molecule has 2 N–H and O–H groups in total. The summed E-state index contributed by atoms with van der Waals surface area (Å²) in [5.74, 6) is -2.83. The molecular formula is C17H25F2N3O. The number of nitrogens with one attached hydrogen (secondary N) is 2. The quantitative estimate of drug-likeness (QED) is 0.892. The maximum absolute atomic E-state index is 13.9. The summed E-state index contributed by atoms with van der Waals surface area (Å²) in [5.41, 5.74) is 1.54. The van der Waals surface area contributed by atoms with Crippen molar-refractivity contribution in [3.8, 4) is 0 Å². The van der Waals surface area contributed by atoms with Crippen molar-refractivity contribution >= 4 is 5.91 Å². The van der Waals surface area contributed by atoms with E-state index in [1.54, 1.807) is 17.0 Å². The summed E-state index contributed by atoms with van der Waals surface area (Å²) in [4.78, 5) is 13.5. The molecule has 2 rings (SSSR count). The molecule has 0 spiro atoms. The fourth-order valence-corrected chi connectivity index (χ4v) is 2.74. The van der Waals surface area contributed by atoms with E-state index in [4.69, 9.17) is 0 Å². The molecular weight excluding hydrogens is 300 g/mol. The molecule has 128 valence electrons. The van der Waals surface area contributed by atoms with E-state index in [0.717, 1.165) is 18.4 Å². The topological polar surface area (TPSA) is 44.4 Å². The minimum Gasteiger partial charge on any atom is -0.352 e. The molecule has 1 aromatic carbocycles. The number of halogens is 2. The maximum Gasteiger partial charge on any atom is 0.272 e. The lowest BCUT2D eigenvalue weighted by Gasteiger charge is -2.26. The molecule has 0 bridgehead atoms. The van der Waals surface area contributed by atoms with E-state index in [1.807, 2.05) is 19.1 Å². The highest BCUT2D eigenvalue weighted by molar-refractivity contribution is 5.94. The molecule has 1 aromatic rings. The molecule has 1 amide bonds. The van der Waals surface area contributed by atoms with Crippen molar-refractivity contribution in [3.05, 3.63) is 35.4 Å². The van der Waals surface area contributed by atoms with Crippen molar-refractivity contribution in [2.24, 2.45) is 0 Å². The molecule has 23 heavy (non-hydrogen) atoms. The van der Waals surface area contributed by atoms with Crippen molar-refractivity contribution < 1.29 is 13.6 Å². The van der Waals surface area contributed by atoms with Crippen LogP contribution in [0.1, 0.15) is 35.7 Å². The normalized spacial score (nSPS) is 19.4. The highest BCUT2D eigenvalue weighted by Crippen LogP contribution is 2.18. The molecule has 6 heteroatoms. The van der Waals surface area contributed by atoms with Gasteiger partial charge in [-0.2, -0.15) is 0 Å².